The average molecular weight is 587 g/mol. The molecule has 4 aromatic rings. The van der Waals surface area contributed by atoms with Crippen LogP contribution in [0.3, 0.4) is 0 Å². The van der Waals surface area contributed by atoms with E-state index in [2.05, 4.69) is 0 Å². The molecule has 0 spiro atoms. The van der Waals surface area contributed by atoms with Crippen LogP contribution in [-0.2, 0) is 4.74 Å². The fourth-order valence-corrected chi connectivity index (χ4v) is 4.47. The summed E-state index contributed by atoms with van der Waals surface area (Å²) in [4.78, 5) is 62.4. The van der Waals surface area contributed by atoms with E-state index in [4.69, 9.17) is 25.8 Å². The molecular formula is C30H19ClN2O9. The molecule has 210 valence electrons. The molecule has 4 aromatic carbocycles. The standard InChI is InChI=1S/C30H19ClN2O9/c1-40-27-15-25(32-28(35)21-4-2-3-5-22(21)29(32)36)24(31)14-23(27)30(37)41-16-26(34)17-6-10-19(11-7-17)42-20-12-8-18(9-13-20)33(38)39/h2-15H,16H2,1H3. The summed E-state index contributed by atoms with van der Waals surface area (Å²) in [5, 5.41) is 10.7. The minimum Gasteiger partial charge on any atom is -0.496 e. The van der Waals surface area contributed by atoms with E-state index in [0.717, 1.165) is 4.90 Å². The Bertz CT molecular complexity index is 1720. The maximum atomic E-state index is 12.9. The molecule has 42 heavy (non-hydrogen) atoms. The van der Waals surface area contributed by atoms with Crippen LogP contribution in [0.15, 0.2) is 84.9 Å². The van der Waals surface area contributed by atoms with E-state index >= 15 is 0 Å². The van der Waals surface area contributed by atoms with Gasteiger partial charge in [-0.1, -0.05) is 23.7 Å². The van der Waals surface area contributed by atoms with Crippen LogP contribution in [0.2, 0.25) is 5.02 Å². The number of methoxy groups -OCH3 is 1. The number of hydrogen-bond acceptors (Lipinski definition) is 9. The number of imide groups is 1. The first-order valence-corrected chi connectivity index (χ1v) is 12.6. The second kappa shape index (κ2) is 11.5. The summed E-state index contributed by atoms with van der Waals surface area (Å²) < 4.78 is 16.1. The van der Waals surface area contributed by atoms with Gasteiger partial charge in [0.15, 0.2) is 12.4 Å². The summed E-state index contributed by atoms with van der Waals surface area (Å²) in [7, 11) is 1.29. The number of ketones is 1. The number of nitrogens with zero attached hydrogens (tertiary/aromatic N) is 2. The number of nitro benzene ring substituents is 1. The fraction of sp³-hybridized carbons (Fsp3) is 0.0667. The number of nitro groups is 1. The van der Waals surface area contributed by atoms with Crippen molar-refractivity contribution in [2.45, 2.75) is 0 Å². The second-order valence-electron chi connectivity index (χ2n) is 8.87. The highest BCUT2D eigenvalue weighted by Gasteiger charge is 2.38. The number of fused-ring (bicyclic) bond motifs is 1. The molecular weight excluding hydrogens is 568 g/mol. The van der Waals surface area contributed by atoms with Gasteiger partial charge in [-0.15, -0.1) is 0 Å². The van der Waals surface area contributed by atoms with Gasteiger partial charge in [-0.05, 0) is 54.6 Å². The number of non-ortho nitro benzene ring substituents is 1. The van der Waals surface area contributed by atoms with Gasteiger partial charge in [0, 0.05) is 23.8 Å². The Morgan fingerprint density at radius 3 is 2.00 bits per heavy atom. The van der Waals surface area contributed by atoms with Crippen molar-refractivity contribution in [3.63, 3.8) is 0 Å². The SMILES string of the molecule is COc1cc(N2C(=O)c3ccccc3C2=O)c(Cl)cc1C(=O)OCC(=O)c1ccc(Oc2ccc([N+](=O)[O-])cc2)cc1. The first-order valence-electron chi connectivity index (χ1n) is 12.3. The number of ether oxygens (including phenoxy) is 3. The third kappa shape index (κ3) is 5.40. The van der Waals surface area contributed by atoms with Crippen molar-refractivity contribution in [1.82, 2.24) is 0 Å². The monoisotopic (exact) mass is 586 g/mol. The lowest BCUT2D eigenvalue weighted by atomic mass is 10.1. The number of amides is 2. The molecule has 0 fully saturated rings. The van der Waals surface area contributed by atoms with Gasteiger partial charge in [0.25, 0.3) is 17.5 Å². The summed E-state index contributed by atoms with van der Waals surface area (Å²) in [6, 6.07) is 20.3. The number of hydrogen-bond donors (Lipinski definition) is 0. The number of rotatable bonds is 9. The van der Waals surface area contributed by atoms with Gasteiger partial charge in [0.05, 0.1) is 33.9 Å². The van der Waals surface area contributed by atoms with Crippen molar-refractivity contribution >= 4 is 46.5 Å². The first kappa shape index (κ1) is 28.0. The molecule has 0 bridgehead atoms. The minimum absolute atomic E-state index is 0.0175. The molecule has 0 unspecified atom stereocenters. The molecule has 12 heteroatoms. The van der Waals surface area contributed by atoms with Crippen LogP contribution in [0.25, 0.3) is 0 Å². The summed E-state index contributed by atoms with van der Waals surface area (Å²) in [6.45, 7) is -0.595. The van der Waals surface area contributed by atoms with Crippen LogP contribution < -0.4 is 14.4 Å². The molecule has 0 radical (unpaired) electrons. The molecule has 1 aliphatic heterocycles. The quantitative estimate of drug-likeness (QED) is 0.0771. The van der Waals surface area contributed by atoms with E-state index in [1.807, 2.05) is 0 Å². The predicted octanol–water partition coefficient (Wildman–Crippen LogP) is 5.89. The number of carbonyl (C=O) groups is 4. The van der Waals surface area contributed by atoms with E-state index in [0.29, 0.717) is 11.5 Å². The number of Topliss-reactive ketones (excluding diaryl/α,β-unsaturated/α-hetero) is 1. The normalized spacial score (nSPS) is 12.1. The van der Waals surface area contributed by atoms with Crippen molar-refractivity contribution in [3.05, 3.63) is 122 Å². The lowest BCUT2D eigenvalue weighted by Gasteiger charge is -2.18. The van der Waals surface area contributed by atoms with Crippen LogP contribution in [-0.4, -0.2) is 42.2 Å². The highest BCUT2D eigenvalue weighted by atomic mass is 35.5. The van der Waals surface area contributed by atoms with Gasteiger partial charge < -0.3 is 14.2 Å². The zero-order chi connectivity index (χ0) is 30.0. The average Bonchev–Trinajstić information content (AvgIpc) is 3.25. The van der Waals surface area contributed by atoms with Crippen molar-refractivity contribution in [1.29, 1.82) is 0 Å². The molecule has 0 aromatic heterocycles. The van der Waals surface area contributed by atoms with Crippen molar-refractivity contribution in [2.75, 3.05) is 18.6 Å². The molecule has 0 saturated carbocycles. The summed E-state index contributed by atoms with van der Waals surface area (Å²) in [5.74, 6) is -1.80. The molecule has 2 amide bonds. The smallest absolute Gasteiger partial charge is 0.342 e. The number of benzene rings is 4. The Labute approximate surface area is 242 Å². The van der Waals surface area contributed by atoms with Crippen molar-refractivity contribution in [3.8, 4) is 17.2 Å². The third-order valence-electron chi connectivity index (χ3n) is 6.32. The zero-order valence-corrected chi connectivity index (χ0v) is 22.5. The maximum Gasteiger partial charge on any atom is 0.342 e. The summed E-state index contributed by atoms with van der Waals surface area (Å²) >= 11 is 6.39. The van der Waals surface area contributed by atoms with Gasteiger partial charge in [-0.2, -0.15) is 0 Å². The molecule has 0 N–H and O–H groups in total. The largest absolute Gasteiger partial charge is 0.496 e. The molecule has 5 rings (SSSR count). The molecule has 0 aliphatic carbocycles. The number of carbonyl (C=O) groups excluding carboxylic acids is 4. The van der Waals surface area contributed by atoms with Gasteiger partial charge in [-0.25, -0.2) is 9.69 Å². The van der Waals surface area contributed by atoms with Crippen LogP contribution in [0.5, 0.6) is 17.2 Å². The Kier molecular flexibility index (Phi) is 7.67. The number of halogens is 1. The van der Waals surface area contributed by atoms with Crippen LogP contribution in [0, 0.1) is 10.1 Å². The highest BCUT2D eigenvalue weighted by Crippen LogP contribution is 2.38. The van der Waals surface area contributed by atoms with Crippen LogP contribution in [0.4, 0.5) is 11.4 Å². The zero-order valence-electron chi connectivity index (χ0n) is 21.7. The van der Waals surface area contributed by atoms with Crippen LogP contribution >= 0.6 is 11.6 Å². The Morgan fingerprint density at radius 1 is 0.881 bits per heavy atom. The van der Waals surface area contributed by atoms with Crippen LogP contribution in [0.1, 0.15) is 41.4 Å². The lowest BCUT2D eigenvalue weighted by Crippen LogP contribution is -2.29. The van der Waals surface area contributed by atoms with Gasteiger partial charge in [0.2, 0.25) is 0 Å². The topological polar surface area (TPSA) is 142 Å². The van der Waals surface area contributed by atoms with Gasteiger partial charge >= 0.3 is 5.97 Å². The maximum absolute atomic E-state index is 12.9. The van der Waals surface area contributed by atoms with E-state index < -0.39 is 35.1 Å². The minimum atomic E-state index is -0.908. The van der Waals surface area contributed by atoms with E-state index in [1.54, 1.807) is 12.1 Å². The summed E-state index contributed by atoms with van der Waals surface area (Å²) in [6.07, 6.45) is 0. The second-order valence-corrected chi connectivity index (χ2v) is 9.28. The molecule has 0 atom stereocenters. The van der Waals surface area contributed by atoms with Gasteiger partial charge in [0.1, 0.15) is 22.8 Å². The molecule has 0 saturated heterocycles. The Morgan fingerprint density at radius 2 is 1.45 bits per heavy atom. The van der Waals surface area contributed by atoms with Crippen molar-refractivity contribution in [2.24, 2.45) is 0 Å². The third-order valence-corrected chi connectivity index (χ3v) is 6.62. The first-order chi connectivity index (χ1) is 20.2. The number of esters is 1. The van der Waals surface area contributed by atoms with Gasteiger partial charge in [-0.3, -0.25) is 24.5 Å². The molecule has 11 nitrogen and oxygen atoms in total. The predicted molar refractivity (Wildman–Crippen MR) is 150 cm³/mol. The number of anilines is 1. The lowest BCUT2D eigenvalue weighted by molar-refractivity contribution is -0.384. The Hall–Kier alpha value is -5.55. The van der Waals surface area contributed by atoms with E-state index in [1.165, 1.54) is 79.9 Å². The molecule has 1 heterocycles. The highest BCUT2D eigenvalue weighted by molar-refractivity contribution is 6.40. The van der Waals surface area contributed by atoms with Crippen molar-refractivity contribution < 1.29 is 38.3 Å². The fourth-order valence-electron chi connectivity index (χ4n) is 4.22. The Balaban J connectivity index is 1.25. The summed E-state index contributed by atoms with van der Waals surface area (Å²) in [5.41, 5.74) is 0.545. The van der Waals surface area contributed by atoms with E-state index in [-0.39, 0.29) is 44.4 Å². The van der Waals surface area contributed by atoms with E-state index in [9.17, 15) is 29.3 Å². The molecule has 1 aliphatic rings.